The number of quaternary nitrogens is 1. The lowest BCUT2D eigenvalue weighted by Gasteiger charge is -2.31. The largest absolute Gasteiger partial charge is 0.477 e. The van der Waals surface area contributed by atoms with Crippen molar-refractivity contribution >= 4 is 84.6 Å². The molecule has 114 valence electrons. The van der Waals surface area contributed by atoms with Crippen LogP contribution in [0.4, 0.5) is 0 Å². The number of aliphatic carboxylic acids is 1. The molecule has 0 aliphatic rings. The Kier molecular flexibility index (Phi) is 5.47. The Morgan fingerprint density at radius 2 is 1.90 bits per heavy atom. The van der Waals surface area contributed by atoms with Crippen molar-refractivity contribution in [3.8, 4) is 0 Å². The van der Waals surface area contributed by atoms with Gasteiger partial charge in [0, 0.05) is 25.1 Å². The molecule has 21 heavy (non-hydrogen) atoms. The van der Waals surface area contributed by atoms with E-state index in [0.717, 1.165) is 16.5 Å². The van der Waals surface area contributed by atoms with Crippen LogP contribution in [0.3, 0.4) is 0 Å². The molecule has 0 unspecified atom stereocenters. The van der Waals surface area contributed by atoms with Crippen molar-refractivity contribution in [2.24, 2.45) is 0 Å². The third-order valence-corrected chi connectivity index (χ3v) is 8.65. The number of carboxylic acid groups (broad SMARTS) is 1. The summed E-state index contributed by atoms with van der Waals surface area (Å²) in [5.74, 6) is -0.758. The van der Waals surface area contributed by atoms with E-state index in [9.17, 15) is 9.90 Å². The second kappa shape index (κ2) is 6.48. The molecule has 0 radical (unpaired) electrons. The van der Waals surface area contributed by atoms with E-state index in [1.54, 1.807) is 0 Å². The second-order valence-electron chi connectivity index (χ2n) is 5.90. The number of carbonyl (C=O) groups is 1. The van der Waals surface area contributed by atoms with Gasteiger partial charge in [0.25, 0.3) is 0 Å². The standard InChI is InChI=1S/C14H15I3N2O2/c1-19(2,3)10(14(20)21)4-7-6-18-13-8(7)5-9(15)11(16)12(13)17/h5-6,10,18H,4H2,1-3H3/p+1/t10-/m0/s1. The molecular weight excluding hydrogens is 609 g/mol. The molecule has 0 saturated heterocycles. The molecule has 0 aliphatic carbocycles. The molecule has 2 N–H and O–H groups in total. The highest BCUT2D eigenvalue weighted by Gasteiger charge is 2.32. The summed E-state index contributed by atoms with van der Waals surface area (Å²) >= 11 is 7.01. The first-order chi connectivity index (χ1) is 9.62. The van der Waals surface area contributed by atoms with E-state index < -0.39 is 12.0 Å². The molecule has 1 heterocycles. The van der Waals surface area contributed by atoms with Crippen LogP contribution in [0.2, 0.25) is 0 Å². The van der Waals surface area contributed by atoms with Gasteiger partial charge in [-0.05, 0) is 79.4 Å². The van der Waals surface area contributed by atoms with E-state index in [1.807, 2.05) is 27.3 Å². The lowest BCUT2D eigenvalue weighted by Crippen LogP contribution is -2.51. The van der Waals surface area contributed by atoms with Gasteiger partial charge in [0.2, 0.25) is 0 Å². The van der Waals surface area contributed by atoms with Gasteiger partial charge >= 0.3 is 5.97 Å². The van der Waals surface area contributed by atoms with Crippen LogP contribution < -0.4 is 0 Å². The van der Waals surface area contributed by atoms with Gasteiger partial charge in [0.1, 0.15) is 0 Å². The Hall–Kier alpha value is 0.380. The molecular formula is C14H16I3N2O2+. The number of likely N-dealkylation sites (N-methyl/N-ethyl adjacent to an activating group) is 1. The fraction of sp³-hybridized carbons (Fsp3) is 0.357. The van der Waals surface area contributed by atoms with E-state index in [-0.39, 0.29) is 0 Å². The van der Waals surface area contributed by atoms with E-state index in [4.69, 9.17) is 0 Å². The van der Waals surface area contributed by atoms with Gasteiger partial charge < -0.3 is 14.6 Å². The Balaban J connectivity index is 2.51. The SMILES string of the molecule is C[N+](C)(C)[C@@H](Cc1c[nH]c2c(I)c(I)c(I)cc12)C(=O)O. The van der Waals surface area contributed by atoms with Crippen LogP contribution >= 0.6 is 67.8 Å². The van der Waals surface area contributed by atoms with Crippen LogP contribution in [-0.2, 0) is 11.2 Å². The van der Waals surface area contributed by atoms with Gasteiger partial charge in [0.15, 0.2) is 6.04 Å². The minimum Gasteiger partial charge on any atom is -0.477 e. The number of nitrogens with zero attached hydrogens (tertiary/aromatic N) is 1. The summed E-state index contributed by atoms with van der Waals surface area (Å²) < 4.78 is 4.03. The number of benzene rings is 1. The topological polar surface area (TPSA) is 53.1 Å². The van der Waals surface area contributed by atoms with Crippen molar-refractivity contribution < 1.29 is 14.4 Å². The van der Waals surface area contributed by atoms with Gasteiger partial charge in [0.05, 0.1) is 30.2 Å². The third-order valence-electron chi connectivity index (χ3n) is 3.53. The van der Waals surface area contributed by atoms with Gasteiger partial charge in [-0.25, -0.2) is 4.79 Å². The van der Waals surface area contributed by atoms with Gasteiger partial charge in [-0.1, -0.05) is 0 Å². The van der Waals surface area contributed by atoms with Gasteiger partial charge in [-0.2, -0.15) is 0 Å². The minimum atomic E-state index is -0.758. The average molecular weight is 625 g/mol. The van der Waals surface area contributed by atoms with Crippen LogP contribution in [0.15, 0.2) is 12.3 Å². The van der Waals surface area contributed by atoms with Crippen molar-refractivity contribution in [3.05, 3.63) is 28.5 Å². The van der Waals surface area contributed by atoms with Gasteiger partial charge in [-0.15, -0.1) is 0 Å². The molecule has 0 spiro atoms. The first kappa shape index (κ1) is 17.7. The summed E-state index contributed by atoms with van der Waals surface area (Å²) in [4.78, 5) is 14.9. The van der Waals surface area contributed by atoms with Crippen molar-refractivity contribution in [1.82, 2.24) is 4.98 Å². The molecule has 0 aliphatic heterocycles. The number of carboxylic acids is 1. The summed E-state index contributed by atoms with van der Waals surface area (Å²) in [6.45, 7) is 0. The Labute approximate surface area is 164 Å². The lowest BCUT2D eigenvalue weighted by molar-refractivity contribution is -0.887. The van der Waals surface area contributed by atoms with E-state index in [1.165, 1.54) is 10.7 Å². The summed E-state index contributed by atoms with van der Waals surface area (Å²) in [6.07, 6.45) is 2.47. The molecule has 2 rings (SSSR count). The summed E-state index contributed by atoms with van der Waals surface area (Å²) in [7, 11) is 5.76. The summed E-state index contributed by atoms with van der Waals surface area (Å²) in [6, 6.07) is 1.68. The smallest absolute Gasteiger partial charge is 0.362 e. The van der Waals surface area contributed by atoms with Crippen molar-refractivity contribution in [1.29, 1.82) is 0 Å². The first-order valence-corrected chi connectivity index (χ1v) is 9.54. The predicted octanol–water partition coefficient (Wildman–Crippen LogP) is 3.68. The van der Waals surface area contributed by atoms with Crippen molar-refractivity contribution in [3.63, 3.8) is 0 Å². The molecule has 4 nitrogen and oxygen atoms in total. The van der Waals surface area contributed by atoms with Crippen LogP contribution in [-0.4, -0.2) is 47.7 Å². The lowest BCUT2D eigenvalue weighted by atomic mass is 10.0. The Morgan fingerprint density at radius 1 is 1.29 bits per heavy atom. The maximum atomic E-state index is 11.6. The van der Waals surface area contributed by atoms with E-state index >= 15 is 0 Å². The normalized spacial score (nSPS) is 13.6. The fourth-order valence-electron chi connectivity index (χ4n) is 2.30. The zero-order valence-corrected chi connectivity index (χ0v) is 18.3. The van der Waals surface area contributed by atoms with Crippen LogP contribution in [0.5, 0.6) is 0 Å². The fourth-order valence-corrected chi connectivity index (χ4v) is 4.56. The number of fused-ring (bicyclic) bond motifs is 1. The number of rotatable bonds is 4. The number of hydrogen-bond acceptors (Lipinski definition) is 1. The van der Waals surface area contributed by atoms with Gasteiger partial charge in [-0.3, -0.25) is 0 Å². The highest BCUT2D eigenvalue weighted by molar-refractivity contribution is 14.1. The Bertz CT molecular complexity index is 704. The monoisotopic (exact) mass is 625 g/mol. The molecule has 0 bridgehead atoms. The highest BCUT2D eigenvalue weighted by atomic mass is 127. The number of hydrogen-bond donors (Lipinski definition) is 2. The average Bonchev–Trinajstić information content (AvgIpc) is 2.74. The molecule has 0 amide bonds. The second-order valence-corrected chi connectivity index (χ2v) is 9.22. The zero-order chi connectivity index (χ0) is 15.9. The number of aromatic nitrogens is 1. The molecule has 1 aromatic carbocycles. The molecule has 0 fully saturated rings. The molecule has 0 saturated carbocycles. The maximum Gasteiger partial charge on any atom is 0.362 e. The minimum absolute atomic E-state index is 0.403. The third kappa shape index (κ3) is 3.66. The van der Waals surface area contributed by atoms with Crippen LogP contribution in [0.25, 0.3) is 10.9 Å². The quantitative estimate of drug-likeness (QED) is 0.310. The number of halogens is 3. The van der Waals surface area contributed by atoms with Crippen LogP contribution in [0, 0.1) is 10.7 Å². The summed E-state index contributed by atoms with van der Waals surface area (Å²) in [5, 5.41) is 10.6. The number of aromatic amines is 1. The molecule has 1 atom stereocenters. The number of nitrogens with one attached hydrogen (secondary N) is 1. The summed E-state index contributed by atoms with van der Waals surface area (Å²) in [5.41, 5.74) is 2.17. The number of H-pyrrole nitrogens is 1. The van der Waals surface area contributed by atoms with Crippen molar-refractivity contribution in [2.45, 2.75) is 12.5 Å². The van der Waals surface area contributed by atoms with E-state index in [2.05, 4.69) is 78.8 Å². The molecule has 1 aromatic heterocycles. The maximum absolute atomic E-state index is 11.6. The first-order valence-electron chi connectivity index (χ1n) is 6.30. The van der Waals surface area contributed by atoms with Crippen molar-refractivity contribution in [2.75, 3.05) is 21.1 Å². The van der Waals surface area contributed by atoms with Crippen LogP contribution in [0.1, 0.15) is 5.56 Å². The predicted molar refractivity (Wildman–Crippen MR) is 110 cm³/mol. The molecule has 7 heteroatoms. The Morgan fingerprint density at radius 3 is 2.43 bits per heavy atom. The molecule has 2 aromatic rings. The van der Waals surface area contributed by atoms with E-state index in [0.29, 0.717) is 10.9 Å². The highest BCUT2D eigenvalue weighted by Crippen LogP contribution is 2.32. The zero-order valence-electron chi connectivity index (χ0n) is 11.9.